The Labute approximate surface area is 118 Å². The van der Waals surface area contributed by atoms with Gasteiger partial charge in [-0.3, -0.25) is 14.9 Å². The molecule has 19 heavy (non-hydrogen) atoms. The zero-order valence-electron chi connectivity index (χ0n) is 10.1. The number of nitrogens with zero attached hydrogens (tertiary/aromatic N) is 2. The summed E-state index contributed by atoms with van der Waals surface area (Å²) in [5.74, 6) is -0.285. The summed E-state index contributed by atoms with van der Waals surface area (Å²) in [5.41, 5.74) is 0.125. The third-order valence-corrected chi connectivity index (χ3v) is 4.09. The van der Waals surface area contributed by atoms with Gasteiger partial charge in [0.2, 0.25) is 0 Å². The van der Waals surface area contributed by atoms with Crippen LogP contribution in [0.2, 0.25) is 0 Å². The molecule has 1 aromatic carbocycles. The molecule has 1 atom stereocenters. The van der Waals surface area contributed by atoms with Gasteiger partial charge in [-0.1, -0.05) is 6.07 Å². The molecule has 0 aromatic heterocycles. The lowest BCUT2D eigenvalue weighted by molar-refractivity contribution is -0.385. The fourth-order valence-electron chi connectivity index (χ4n) is 2.27. The molecule has 1 aromatic rings. The van der Waals surface area contributed by atoms with E-state index in [0.717, 1.165) is 12.8 Å². The summed E-state index contributed by atoms with van der Waals surface area (Å²) in [6, 6.07) is 4.18. The lowest BCUT2D eigenvalue weighted by Gasteiger charge is -2.23. The molecule has 0 unspecified atom stereocenters. The molecule has 7 heteroatoms. The van der Waals surface area contributed by atoms with Crippen molar-refractivity contribution in [3.05, 3.63) is 38.3 Å². The maximum Gasteiger partial charge on any atom is 0.284 e. The summed E-state index contributed by atoms with van der Waals surface area (Å²) in [5, 5.41) is 20.1. The number of carbonyl (C=O) groups is 1. The van der Waals surface area contributed by atoms with Crippen molar-refractivity contribution in [3.63, 3.8) is 0 Å². The lowest BCUT2D eigenvalue weighted by Crippen LogP contribution is -2.37. The first-order valence-electron chi connectivity index (χ1n) is 5.91. The van der Waals surface area contributed by atoms with Crippen LogP contribution in [0, 0.1) is 10.1 Å². The van der Waals surface area contributed by atoms with Crippen LogP contribution in [-0.4, -0.2) is 40.0 Å². The molecule has 1 aliphatic heterocycles. The van der Waals surface area contributed by atoms with Gasteiger partial charge in [-0.15, -0.1) is 0 Å². The Bertz CT molecular complexity index is 520. The first-order chi connectivity index (χ1) is 9.06. The van der Waals surface area contributed by atoms with Gasteiger partial charge < -0.3 is 10.0 Å². The van der Waals surface area contributed by atoms with Crippen molar-refractivity contribution < 1.29 is 14.8 Å². The first-order valence-corrected chi connectivity index (χ1v) is 6.70. The maximum absolute atomic E-state index is 12.4. The van der Waals surface area contributed by atoms with E-state index in [0.29, 0.717) is 6.54 Å². The maximum atomic E-state index is 12.4. The van der Waals surface area contributed by atoms with Crippen LogP contribution in [0.3, 0.4) is 0 Å². The molecule has 0 aliphatic carbocycles. The van der Waals surface area contributed by atoms with Crippen LogP contribution in [0.5, 0.6) is 0 Å². The Balaban J connectivity index is 2.34. The molecule has 1 aliphatic rings. The van der Waals surface area contributed by atoms with Gasteiger partial charge in [-0.05, 0) is 34.8 Å². The normalized spacial score (nSPS) is 18.6. The molecule has 0 radical (unpaired) electrons. The average molecular weight is 329 g/mol. The van der Waals surface area contributed by atoms with E-state index in [1.807, 2.05) is 0 Å². The van der Waals surface area contributed by atoms with Gasteiger partial charge in [-0.25, -0.2) is 0 Å². The standard InChI is InChI=1S/C12H13BrN2O4/c13-11-9(4-1-5-10(11)15(18)19)12(17)14-6-2-3-8(14)7-16/h1,4-5,8,16H,2-3,6-7H2/t8-/m0/s1. The van der Waals surface area contributed by atoms with Crippen LogP contribution >= 0.6 is 15.9 Å². The van der Waals surface area contributed by atoms with E-state index < -0.39 is 4.92 Å². The van der Waals surface area contributed by atoms with E-state index in [9.17, 15) is 20.0 Å². The van der Waals surface area contributed by atoms with E-state index in [4.69, 9.17) is 0 Å². The molecule has 1 fully saturated rings. The minimum atomic E-state index is -0.533. The highest BCUT2D eigenvalue weighted by Crippen LogP contribution is 2.30. The molecule has 1 amide bonds. The van der Waals surface area contributed by atoms with Crippen molar-refractivity contribution in [1.29, 1.82) is 0 Å². The van der Waals surface area contributed by atoms with E-state index in [2.05, 4.69) is 15.9 Å². The molecule has 2 rings (SSSR count). The Hall–Kier alpha value is -1.47. The van der Waals surface area contributed by atoms with Crippen molar-refractivity contribution in [2.24, 2.45) is 0 Å². The molecule has 1 N–H and O–H groups in total. The predicted molar refractivity (Wildman–Crippen MR) is 71.9 cm³/mol. The number of benzene rings is 1. The summed E-state index contributed by atoms with van der Waals surface area (Å²) in [6.45, 7) is 0.484. The van der Waals surface area contributed by atoms with Gasteiger partial charge in [0.15, 0.2) is 0 Å². The van der Waals surface area contributed by atoms with Crippen molar-refractivity contribution in [1.82, 2.24) is 4.90 Å². The highest BCUT2D eigenvalue weighted by Gasteiger charge is 2.31. The largest absolute Gasteiger partial charge is 0.394 e. The molecular formula is C12H13BrN2O4. The van der Waals surface area contributed by atoms with Gasteiger partial charge in [0.1, 0.15) is 4.47 Å². The number of aliphatic hydroxyl groups excluding tert-OH is 1. The molecule has 102 valence electrons. The lowest BCUT2D eigenvalue weighted by atomic mass is 10.1. The van der Waals surface area contributed by atoms with Gasteiger partial charge in [0.05, 0.1) is 23.1 Å². The van der Waals surface area contributed by atoms with Crippen molar-refractivity contribution in [2.75, 3.05) is 13.2 Å². The fraction of sp³-hybridized carbons (Fsp3) is 0.417. The van der Waals surface area contributed by atoms with E-state index in [1.54, 1.807) is 11.0 Å². The fourth-order valence-corrected chi connectivity index (χ4v) is 2.85. The van der Waals surface area contributed by atoms with Crippen LogP contribution in [0.25, 0.3) is 0 Å². The second kappa shape index (κ2) is 5.66. The zero-order valence-corrected chi connectivity index (χ0v) is 11.7. The van der Waals surface area contributed by atoms with Crippen molar-refractivity contribution >= 4 is 27.5 Å². The smallest absolute Gasteiger partial charge is 0.284 e. The SMILES string of the molecule is O=C(c1cccc([N+](=O)[O-])c1Br)N1CCC[C@H]1CO. The van der Waals surface area contributed by atoms with Crippen molar-refractivity contribution in [2.45, 2.75) is 18.9 Å². The number of amides is 1. The third kappa shape index (κ3) is 2.62. The van der Waals surface area contributed by atoms with Crippen LogP contribution in [0.1, 0.15) is 23.2 Å². The molecule has 6 nitrogen and oxygen atoms in total. The number of likely N-dealkylation sites (tertiary alicyclic amines) is 1. The zero-order chi connectivity index (χ0) is 14.0. The number of hydrogen-bond acceptors (Lipinski definition) is 4. The number of nitro benzene ring substituents is 1. The summed E-state index contributed by atoms with van der Waals surface area (Å²) in [7, 11) is 0. The molecule has 0 saturated carbocycles. The van der Waals surface area contributed by atoms with Crippen LogP contribution in [0.15, 0.2) is 22.7 Å². The van der Waals surface area contributed by atoms with Gasteiger partial charge in [0.25, 0.3) is 11.6 Å². The predicted octanol–water partition coefficient (Wildman–Crippen LogP) is 1.95. The summed E-state index contributed by atoms with van der Waals surface area (Å²) >= 11 is 3.12. The second-order valence-electron chi connectivity index (χ2n) is 4.37. The van der Waals surface area contributed by atoms with Crippen LogP contribution in [-0.2, 0) is 0 Å². The van der Waals surface area contributed by atoms with E-state index in [-0.39, 0.29) is 34.3 Å². The number of rotatable bonds is 3. The Morgan fingerprint density at radius 3 is 2.95 bits per heavy atom. The number of hydrogen-bond donors (Lipinski definition) is 1. The van der Waals surface area contributed by atoms with Crippen molar-refractivity contribution in [3.8, 4) is 0 Å². The first kappa shape index (κ1) is 14.0. The van der Waals surface area contributed by atoms with Gasteiger partial charge in [0, 0.05) is 12.6 Å². The molecule has 1 saturated heterocycles. The quantitative estimate of drug-likeness (QED) is 0.679. The number of aliphatic hydroxyl groups is 1. The third-order valence-electron chi connectivity index (χ3n) is 3.25. The van der Waals surface area contributed by atoms with Crippen LogP contribution in [0.4, 0.5) is 5.69 Å². The van der Waals surface area contributed by atoms with Gasteiger partial charge >= 0.3 is 0 Å². The second-order valence-corrected chi connectivity index (χ2v) is 5.17. The molecule has 1 heterocycles. The minimum Gasteiger partial charge on any atom is -0.394 e. The van der Waals surface area contributed by atoms with E-state index >= 15 is 0 Å². The molecule has 0 spiro atoms. The molecular weight excluding hydrogens is 316 g/mol. The minimum absolute atomic E-state index is 0.0850. The van der Waals surface area contributed by atoms with E-state index in [1.165, 1.54) is 12.1 Å². The Kier molecular flexibility index (Phi) is 4.16. The summed E-state index contributed by atoms with van der Waals surface area (Å²) < 4.78 is 0.189. The number of nitro groups is 1. The Morgan fingerprint density at radius 1 is 1.58 bits per heavy atom. The number of halogens is 1. The summed E-state index contributed by atoms with van der Waals surface area (Å²) in [4.78, 5) is 24.3. The topological polar surface area (TPSA) is 83.7 Å². The van der Waals surface area contributed by atoms with Gasteiger partial charge in [-0.2, -0.15) is 0 Å². The average Bonchev–Trinajstić information content (AvgIpc) is 2.86. The van der Waals surface area contributed by atoms with Crippen LogP contribution < -0.4 is 0 Å². The monoisotopic (exact) mass is 328 g/mol. The summed E-state index contributed by atoms with van der Waals surface area (Å²) in [6.07, 6.45) is 1.60. The molecule has 0 bridgehead atoms. The highest BCUT2D eigenvalue weighted by atomic mass is 79.9. The number of carbonyl (C=O) groups excluding carboxylic acids is 1. The highest BCUT2D eigenvalue weighted by molar-refractivity contribution is 9.10. The Morgan fingerprint density at radius 2 is 2.32 bits per heavy atom.